The predicted octanol–water partition coefficient (Wildman–Crippen LogP) is 5.65. The minimum absolute atomic E-state index is 0.00755. The van der Waals surface area contributed by atoms with Gasteiger partial charge in [-0.15, -0.1) is 0 Å². The van der Waals surface area contributed by atoms with Crippen molar-refractivity contribution < 1.29 is 40.8 Å². The lowest BCUT2D eigenvalue weighted by Gasteiger charge is -2.20. The second-order valence-corrected chi connectivity index (χ2v) is 12.1. The maximum absolute atomic E-state index is 13.4. The van der Waals surface area contributed by atoms with Crippen molar-refractivity contribution >= 4 is 113 Å². The molecule has 4 rings (SSSR count). The van der Waals surface area contributed by atoms with Gasteiger partial charge in [-0.1, -0.05) is 36.4 Å². The number of hydrogen-bond acceptors (Lipinski definition) is 7. The second-order valence-electron chi connectivity index (χ2n) is 7.22. The molecule has 0 aliphatic heterocycles. The minimum atomic E-state index is -6.02. The molecule has 0 unspecified atom stereocenters. The van der Waals surface area contributed by atoms with Crippen molar-refractivity contribution in [2.75, 3.05) is 6.61 Å². The van der Waals surface area contributed by atoms with Crippen LogP contribution in [0.15, 0.2) is 36.4 Å². The number of rotatable bonds is 6. The lowest BCUT2D eigenvalue weighted by molar-refractivity contribution is -0.0101. The summed E-state index contributed by atoms with van der Waals surface area (Å²) in [6.45, 7) is -1.94. The number of benzene rings is 3. The Morgan fingerprint density at radius 2 is 1.63 bits per heavy atom. The molecular weight excluding hydrogens is 827 g/mol. The third-order valence-corrected chi connectivity index (χ3v) is 8.56. The van der Waals surface area contributed by atoms with Crippen LogP contribution in [-0.2, 0) is 14.9 Å². The normalized spacial score (nSPS) is 12.7. The van der Waals surface area contributed by atoms with Gasteiger partial charge in [0.1, 0.15) is 0 Å². The van der Waals surface area contributed by atoms with Gasteiger partial charge in [-0.3, -0.25) is 0 Å². The van der Waals surface area contributed by atoms with Crippen LogP contribution < -0.4 is 4.74 Å². The van der Waals surface area contributed by atoms with Crippen molar-refractivity contribution in [3.63, 3.8) is 0 Å². The van der Waals surface area contributed by atoms with Gasteiger partial charge in [0.05, 0.1) is 18.3 Å². The van der Waals surface area contributed by atoms with Gasteiger partial charge >= 0.3 is 17.2 Å². The Morgan fingerprint density at radius 3 is 2.29 bits per heavy atom. The molecule has 182 valence electrons. The molecule has 0 saturated heterocycles. The number of alkyl halides is 2. The summed E-state index contributed by atoms with van der Waals surface area (Å²) < 4.78 is 69.8. The molecule has 13 heteroatoms. The summed E-state index contributed by atoms with van der Waals surface area (Å²) in [4.78, 5) is 25.7. The summed E-state index contributed by atoms with van der Waals surface area (Å²) in [6.07, 6.45) is 3.88. The van der Waals surface area contributed by atoms with Crippen molar-refractivity contribution in [2.45, 2.75) is 5.25 Å². The second kappa shape index (κ2) is 9.79. The molecule has 3 aromatic rings. The summed E-state index contributed by atoms with van der Waals surface area (Å²) in [6, 6.07) is 10.4. The minimum Gasteiger partial charge on any atom is -0.743 e. The monoisotopic (exact) mass is 837 g/mol. The van der Waals surface area contributed by atoms with E-state index < -0.39 is 33.9 Å². The van der Waals surface area contributed by atoms with Gasteiger partial charge in [0, 0.05) is 3.57 Å². The summed E-state index contributed by atoms with van der Waals surface area (Å²) in [7, 11) is -6.02. The maximum Gasteiger partial charge on any atom is 0.367 e. The van der Waals surface area contributed by atoms with Crippen LogP contribution in [0.1, 0.15) is 31.8 Å². The van der Waals surface area contributed by atoms with Crippen LogP contribution in [0.2, 0.25) is 0 Å². The molecule has 0 fully saturated rings. The Morgan fingerprint density at radius 1 is 0.971 bits per heavy atom. The lowest BCUT2D eigenvalue weighted by Crippen LogP contribution is -2.35. The first-order valence-electron chi connectivity index (χ1n) is 9.45. The van der Waals surface area contributed by atoms with Crippen LogP contribution in [0.4, 0.5) is 8.78 Å². The van der Waals surface area contributed by atoms with E-state index in [-0.39, 0.29) is 18.5 Å². The van der Waals surface area contributed by atoms with Crippen molar-refractivity contribution in [2.24, 2.45) is 0 Å². The Hall–Kier alpha value is -1.44. The molecule has 0 N–H and O–H groups in total. The zero-order valence-corrected chi connectivity index (χ0v) is 24.3. The summed E-state index contributed by atoms with van der Waals surface area (Å²) >= 11 is 5.37. The first-order chi connectivity index (χ1) is 16.3. The van der Waals surface area contributed by atoms with Crippen LogP contribution in [0, 0.1) is 10.7 Å². The molecule has 0 aromatic heterocycles. The van der Waals surface area contributed by atoms with E-state index in [1.807, 2.05) is 46.9 Å². The highest BCUT2D eigenvalue weighted by Gasteiger charge is 2.40. The van der Waals surface area contributed by atoms with Crippen LogP contribution in [0.3, 0.4) is 0 Å². The number of carbonyl (C=O) groups excluding carboxylic acids is 2. The SMILES string of the molecule is O=C(OCC(F)(F)S(=O)(=O)[O-])c1c(I)cc(I)c(OC(=O)c2ccc3c4c(cccc24)C=C3)c1I. The Bertz CT molecular complexity index is 1540. The largest absolute Gasteiger partial charge is 0.743 e. The highest BCUT2D eigenvalue weighted by atomic mass is 127. The molecule has 1 aliphatic rings. The molecule has 0 saturated carbocycles. The smallest absolute Gasteiger partial charge is 0.367 e. The molecular formula is C22H10F2I3O7S-. The third kappa shape index (κ3) is 5.05. The van der Waals surface area contributed by atoms with Crippen LogP contribution in [0.5, 0.6) is 5.75 Å². The topological polar surface area (TPSA) is 110 Å². The highest BCUT2D eigenvalue weighted by molar-refractivity contribution is 14.1. The van der Waals surface area contributed by atoms with Crippen LogP contribution in [0.25, 0.3) is 22.9 Å². The molecule has 0 heterocycles. The number of carbonyl (C=O) groups is 2. The molecule has 1 aliphatic carbocycles. The van der Waals surface area contributed by atoms with E-state index in [0.29, 0.717) is 14.5 Å². The van der Waals surface area contributed by atoms with Crippen molar-refractivity contribution in [3.05, 3.63) is 69.4 Å². The Balaban J connectivity index is 1.66. The molecule has 3 aromatic carbocycles. The summed E-state index contributed by atoms with van der Waals surface area (Å²) in [5, 5.41) is -3.19. The number of hydrogen-bond donors (Lipinski definition) is 0. The molecule has 0 amide bonds. The molecule has 35 heavy (non-hydrogen) atoms. The first-order valence-corrected chi connectivity index (χ1v) is 14.1. The molecule has 0 spiro atoms. The lowest BCUT2D eigenvalue weighted by atomic mass is 9.99. The van der Waals surface area contributed by atoms with Gasteiger partial charge in [0.25, 0.3) is 0 Å². The average molecular weight is 837 g/mol. The van der Waals surface area contributed by atoms with Gasteiger partial charge in [-0.25, -0.2) is 18.0 Å². The molecule has 0 bridgehead atoms. The zero-order chi connectivity index (χ0) is 25.7. The third-order valence-electron chi connectivity index (χ3n) is 5.03. The number of halogens is 5. The summed E-state index contributed by atoms with van der Waals surface area (Å²) in [5.74, 6) is -1.98. The van der Waals surface area contributed by atoms with Crippen LogP contribution >= 0.6 is 67.8 Å². The fourth-order valence-corrected chi connectivity index (χ4v) is 7.63. The molecule has 7 nitrogen and oxygen atoms in total. The van der Waals surface area contributed by atoms with Crippen molar-refractivity contribution in [1.82, 2.24) is 0 Å². The van der Waals surface area contributed by atoms with Gasteiger partial charge in [0.2, 0.25) is 0 Å². The number of esters is 2. The van der Waals surface area contributed by atoms with E-state index >= 15 is 0 Å². The van der Waals surface area contributed by atoms with Crippen molar-refractivity contribution in [3.8, 4) is 5.75 Å². The standard InChI is InChI=1S/C22H11F2I3O7S/c23-22(24,35(30,31)32)9-33-21(29)17-14(25)8-15(26)19(18(17)27)34-20(28)13-7-6-11-5-4-10-2-1-3-12(13)16(10)11/h1-8H,9H2,(H,30,31,32)/p-1. The van der Waals surface area contributed by atoms with Gasteiger partial charge in [-0.05, 0) is 102 Å². The highest BCUT2D eigenvalue weighted by Crippen LogP contribution is 2.37. The Labute approximate surface area is 238 Å². The zero-order valence-electron chi connectivity index (χ0n) is 17.0. The summed E-state index contributed by atoms with van der Waals surface area (Å²) in [5.41, 5.74) is 2.02. The Kier molecular flexibility index (Phi) is 7.44. The van der Waals surface area contributed by atoms with E-state index in [0.717, 1.165) is 16.5 Å². The van der Waals surface area contributed by atoms with E-state index in [1.54, 1.807) is 63.4 Å². The molecule has 0 atom stereocenters. The van der Waals surface area contributed by atoms with Gasteiger partial charge in [-0.2, -0.15) is 8.78 Å². The first kappa shape index (κ1) is 26.6. The quantitative estimate of drug-likeness (QED) is 0.107. The average Bonchev–Trinajstić information content (AvgIpc) is 3.19. The van der Waals surface area contributed by atoms with E-state index in [1.165, 1.54) is 6.07 Å². The van der Waals surface area contributed by atoms with Gasteiger partial charge < -0.3 is 14.0 Å². The van der Waals surface area contributed by atoms with Crippen molar-refractivity contribution in [1.29, 1.82) is 0 Å². The maximum atomic E-state index is 13.4. The fourth-order valence-electron chi connectivity index (χ4n) is 3.39. The fraction of sp³-hybridized carbons (Fsp3) is 0.0909. The van der Waals surface area contributed by atoms with E-state index in [4.69, 9.17) is 4.74 Å². The van der Waals surface area contributed by atoms with E-state index in [9.17, 15) is 31.3 Å². The van der Waals surface area contributed by atoms with Crippen LogP contribution in [-0.4, -0.2) is 36.8 Å². The van der Waals surface area contributed by atoms with E-state index in [2.05, 4.69) is 4.74 Å². The van der Waals surface area contributed by atoms with Gasteiger partial charge in [0.15, 0.2) is 22.5 Å². The number of ether oxygens (including phenoxy) is 2. The molecule has 0 radical (unpaired) electrons. The predicted molar refractivity (Wildman–Crippen MR) is 147 cm³/mol.